The van der Waals surface area contributed by atoms with E-state index in [9.17, 15) is 14.7 Å². The van der Waals surface area contributed by atoms with Crippen molar-refractivity contribution in [3.05, 3.63) is 137 Å². The maximum atomic E-state index is 13.3. The Morgan fingerprint density at radius 3 is 2.21 bits per heavy atom. The van der Waals surface area contributed by atoms with Gasteiger partial charge in [0.2, 0.25) is 0 Å². The monoisotopic (exact) mass is 504 g/mol. The average Bonchev–Trinajstić information content (AvgIpc) is 3.22. The minimum absolute atomic E-state index is 0.105. The van der Waals surface area contributed by atoms with Crippen molar-refractivity contribution in [2.24, 2.45) is 0 Å². The molecule has 5 rings (SSSR count). The second-order valence-electron chi connectivity index (χ2n) is 9.33. The minimum Gasteiger partial charge on any atom is -0.507 e. The number of hydrogen-bond donors (Lipinski definition) is 1. The molecule has 0 spiro atoms. The fraction of sp³-hybridized carbons (Fsp3) is 0.156. The van der Waals surface area contributed by atoms with Crippen LogP contribution >= 0.6 is 0 Å². The molecule has 190 valence electrons. The third kappa shape index (κ3) is 5.20. The van der Waals surface area contributed by atoms with Gasteiger partial charge in [-0.2, -0.15) is 0 Å². The van der Waals surface area contributed by atoms with Crippen molar-refractivity contribution >= 4 is 17.4 Å². The maximum absolute atomic E-state index is 13.3. The summed E-state index contributed by atoms with van der Waals surface area (Å²) in [7, 11) is 0. The van der Waals surface area contributed by atoms with Crippen molar-refractivity contribution in [3.8, 4) is 5.75 Å². The summed E-state index contributed by atoms with van der Waals surface area (Å²) in [5, 5.41) is 11.4. The highest BCUT2D eigenvalue weighted by Crippen LogP contribution is 2.38. The third-order valence-corrected chi connectivity index (χ3v) is 6.84. The fourth-order valence-electron chi connectivity index (χ4n) is 4.83. The molecule has 2 heterocycles. The molecule has 1 aliphatic rings. The van der Waals surface area contributed by atoms with Crippen molar-refractivity contribution in [2.45, 2.75) is 32.0 Å². The van der Waals surface area contributed by atoms with Crippen LogP contribution in [0, 0.1) is 0 Å². The number of amides is 1. The summed E-state index contributed by atoms with van der Waals surface area (Å²) < 4.78 is 5.86. The lowest BCUT2D eigenvalue weighted by molar-refractivity contribution is -0.140. The summed E-state index contributed by atoms with van der Waals surface area (Å²) >= 11 is 0. The van der Waals surface area contributed by atoms with Crippen molar-refractivity contribution < 1.29 is 19.4 Å². The third-order valence-electron chi connectivity index (χ3n) is 6.84. The Morgan fingerprint density at radius 2 is 1.55 bits per heavy atom. The molecule has 1 aliphatic heterocycles. The number of likely N-dealkylation sites (tertiary alicyclic amines) is 1. The standard InChI is InChI=1S/C32H28N2O4/c1-22(25-12-6-3-7-13-25)29-28(31(36)32(37)34(29)20-24-11-8-18-33-19-24)30(35)26-14-16-27(17-15-26)38-21-23-9-4-2-5-10-23/h2-19,22,29,35H,20-21H2,1H3/b30-28+. The Hall–Kier alpha value is -4.71. The maximum Gasteiger partial charge on any atom is 0.295 e. The molecule has 6 nitrogen and oxygen atoms in total. The van der Waals surface area contributed by atoms with Crippen LogP contribution in [0.4, 0.5) is 0 Å². The highest BCUT2D eigenvalue weighted by atomic mass is 16.5. The Labute approximate surface area is 221 Å². The number of Topliss-reactive ketones (excluding diaryl/α,β-unsaturated/α-hetero) is 1. The van der Waals surface area contributed by atoms with Gasteiger partial charge < -0.3 is 14.7 Å². The molecule has 0 aliphatic carbocycles. The Balaban J connectivity index is 1.48. The summed E-state index contributed by atoms with van der Waals surface area (Å²) in [4.78, 5) is 32.3. The molecule has 0 saturated carbocycles. The molecule has 1 saturated heterocycles. The number of carbonyl (C=O) groups is 2. The molecule has 2 unspecified atom stereocenters. The van der Waals surface area contributed by atoms with Crippen LogP contribution in [-0.4, -0.2) is 32.7 Å². The number of pyridine rings is 1. The number of ketones is 1. The first kappa shape index (κ1) is 25.0. The van der Waals surface area contributed by atoms with Gasteiger partial charge in [0.15, 0.2) is 0 Å². The van der Waals surface area contributed by atoms with E-state index in [-0.39, 0.29) is 23.8 Å². The van der Waals surface area contributed by atoms with E-state index in [4.69, 9.17) is 4.74 Å². The van der Waals surface area contributed by atoms with E-state index in [1.165, 1.54) is 0 Å². The second kappa shape index (κ2) is 11.1. The predicted octanol–water partition coefficient (Wildman–Crippen LogP) is 5.71. The number of hydrogen-bond acceptors (Lipinski definition) is 5. The van der Waals surface area contributed by atoms with Crippen LogP contribution in [0.1, 0.15) is 35.1 Å². The lowest BCUT2D eigenvalue weighted by Gasteiger charge is -2.30. The highest BCUT2D eigenvalue weighted by Gasteiger charge is 2.47. The van der Waals surface area contributed by atoms with Crippen LogP contribution in [0.3, 0.4) is 0 Å². The van der Waals surface area contributed by atoms with Gasteiger partial charge in [-0.3, -0.25) is 14.6 Å². The number of carbonyl (C=O) groups excluding carboxylic acids is 2. The summed E-state index contributed by atoms with van der Waals surface area (Å²) in [6.45, 7) is 2.60. The van der Waals surface area contributed by atoms with Gasteiger partial charge in [-0.25, -0.2) is 0 Å². The van der Waals surface area contributed by atoms with E-state index in [0.29, 0.717) is 17.9 Å². The fourth-order valence-corrected chi connectivity index (χ4v) is 4.83. The SMILES string of the molecule is CC(c1ccccc1)C1/C(=C(\O)c2ccc(OCc3ccccc3)cc2)C(=O)C(=O)N1Cc1cccnc1. The zero-order chi connectivity index (χ0) is 26.5. The summed E-state index contributed by atoms with van der Waals surface area (Å²) in [5.74, 6) is -1.13. The van der Waals surface area contributed by atoms with Crippen LogP contribution < -0.4 is 4.74 Å². The summed E-state index contributed by atoms with van der Waals surface area (Å²) in [6.07, 6.45) is 3.34. The molecular weight excluding hydrogens is 476 g/mol. The number of aliphatic hydroxyl groups excluding tert-OH is 1. The van der Waals surface area contributed by atoms with Crippen molar-refractivity contribution in [1.82, 2.24) is 9.88 Å². The van der Waals surface area contributed by atoms with Crippen molar-refractivity contribution in [3.63, 3.8) is 0 Å². The van der Waals surface area contributed by atoms with E-state index >= 15 is 0 Å². The van der Waals surface area contributed by atoms with Gasteiger partial charge in [0.25, 0.3) is 11.7 Å². The van der Waals surface area contributed by atoms with Crippen LogP contribution in [0.25, 0.3) is 5.76 Å². The van der Waals surface area contributed by atoms with Crippen LogP contribution in [0.5, 0.6) is 5.75 Å². The van der Waals surface area contributed by atoms with E-state index in [1.54, 1.807) is 47.6 Å². The zero-order valence-corrected chi connectivity index (χ0v) is 21.0. The normalized spacial score (nSPS) is 17.4. The van der Waals surface area contributed by atoms with Gasteiger partial charge in [-0.1, -0.05) is 73.7 Å². The molecule has 6 heteroatoms. The van der Waals surface area contributed by atoms with Gasteiger partial charge in [0.1, 0.15) is 18.1 Å². The number of ether oxygens (including phenoxy) is 1. The first-order chi connectivity index (χ1) is 18.5. The molecule has 1 fully saturated rings. The number of aliphatic hydroxyl groups is 1. The number of rotatable bonds is 8. The molecule has 2 atom stereocenters. The number of nitrogens with zero attached hydrogens (tertiary/aromatic N) is 2. The molecule has 0 bridgehead atoms. The molecule has 4 aromatic rings. The molecule has 0 radical (unpaired) electrons. The molecule has 38 heavy (non-hydrogen) atoms. The quantitative estimate of drug-likeness (QED) is 0.189. The Morgan fingerprint density at radius 1 is 0.895 bits per heavy atom. The topological polar surface area (TPSA) is 79.7 Å². The van der Waals surface area contributed by atoms with Gasteiger partial charge in [-0.05, 0) is 47.0 Å². The van der Waals surface area contributed by atoms with Gasteiger partial charge in [0, 0.05) is 30.4 Å². The zero-order valence-electron chi connectivity index (χ0n) is 21.0. The number of aromatic nitrogens is 1. The van der Waals surface area contributed by atoms with E-state index in [0.717, 1.165) is 16.7 Å². The Bertz CT molecular complexity index is 1440. The van der Waals surface area contributed by atoms with Gasteiger partial charge in [0.05, 0.1) is 11.6 Å². The first-order valence-corrected chi connectivity index (χ1v) is 12.5. The van der Waals surface area contributed by atoms with Gasteiger partial charge >= 0.3 is 0 Å². The number of benzene rings is 3. The van der Waals surface area contributed by atoms with E-state index in [2.05, 4.69) is 4.98 Å². The molecule has 1 N–H and O–H groups in total. The average molecular weight is 505 g/mol. The Kier molecular flexibility index (Phi) is 7.31. The summed E-state index contributed by atoms with van der Waals surface area (Å²) in [6, 6.07) is 29.4. The van der Waals surface area contributed by atoms with Crippen LogP contribution in [0.2, 0.25) is 0 Å². The predicted molar refractivity (Wildman–Crippen MR) is 145 cm³/mol. The largest absolute Gasteiger partial charge is 0.507 e. The smallest absolute Gasteiger partial charge is 0.295 e. The molecule has 1 aromatic heterocycles. The van der Waals surface area contributed by atoms with Crippen molar-refractivity contribution in [1.29, 1.82) is 0 Å². The minimum atomic E-state index is -0.691. The van der Waals surface area contributed by atoms with E-state index < -0.39 is 17.7 Å². The highest BCUT2D eigenvalue weighted by molar-refractivity contribution is 6.46. The van der Waals surface area contributed by atoms with Crippen LogP contribution in [0.15, 0.2) is 115 Å². The molecular formula is C32H28N2O4. The lowest BCUT2D eigenvalue weighted by atomic mass is 9.87. The van der Waals surface area contributed by atoms with Crippen molar-refractivity contribution in [2.75, 3.05) is 0 Å². The van der Waals surface area contributed by atoms with Crippen LogP contribution in [-0.2, 0) is 22.7 Å². The first-order valence-electron chi connectivity index (χ1n) is 12.5. The van der Waals surface area contributed by atoms with Gasteiger partial charge in [-0.15, -0.1) is 0 Å². The molecule has 1 amide bonds. The molecule has 3 aromatic carbocycles. The second-order valence-corrected chi connectivity index (χ2v) is 9.33. The summed E-state index contributed by atoms with van der Waals surface area (Å²) in [5.41, 5.74) is 3.36. The van der Waals surface area contributed by atoms with E-state index in [1.807, 2.05) is 73.7 Å². The lowest BCUT2D eigenvalue weighted by Crippen LogP contribution is -2.37.